The summed E-state index contributed by atoms with van der Waals surface area (Å²) in [4.78, 5) is 21.9. The molecule has 8 heteroatoms. The summed E-state index contributed by atoms with van der Waals surface area (Å²) in [6.45, 7) is 11.0. The second-order valence-electron chi connectivity index (χ2n) is 8.63. The lowest BCUT2D eigenvalue weighted by molar-refractivity contribution is 0.243. The van der Waals surface area contributed by atoms with Crippen molar-refractivity contribution in [1.82, 2.24) is 30.0 Å². The van der Waals surface area contributed by atoms with Gasteiger partial charge in [0.1, 0.15) is 5.82 Å². The average molecular weight is 407 g/mol. The van der Waals surface area contributed by atoms with Gasteiger partial charge in [0, 0.05) is 39.3 Å². The quantitative estimate of drug-likeness (QED) is 0.714. The molecule has 5 rings (SSSR count). The summed E-state index contributed by atoms with van der Waals surface area (Å²) in [6.07, 6.45) is 2.44. The third-order valence-electron chi connectivity index (χ3n) is 6.30. The van der Waals surface area contributed by atoms with Gasteiger partial charge in [-0.15, -0.1) is 0 Å². The van der Waals surface area contributed by atoms with E-state index in [-0.39, 0.29) is 0 Å². The van der Waals surface area contributed by atoms with Gasteiger partial charge in [-0.3, -0.25) is 10.00 Å². The van der Waals surface area contributed by atoms with Crippen molar-refractivity contribution in [2.75, 3.05) is 49.1 Å². The Bertz CT molecular complexity index is 999. The van der Waals surface area contributed by atoms with Crippen LogP contribution in [0, 0.1) is 12.8 Å². The number of piperidine rings is 1. The van der Waals surface area contributed by atoms with E-state index in [0.717, 1.165) is 86.0 Å². The molecule has 2 saturated heterocycles. The van der Waals surface area contributed by atoms with Crippen LogP contribution in [0.15, 0.2) is 24.3 Å². The lowest BCUT2D eigenvalue weighted by Crippen LogP contribution is -2.47. The Morgan fingerprint density at radius 2 is 1.47 bits per heavy atom. The van der Waals surface area contributed by atoms with Gasteiger partial charge in [0.05, 0.1) is 17.6 Å². The van der Waals surface area contributed by atoms with E-state index < -0.39 is 0 Å². The molecule has 3 aromatic rings. The van der Waals surface area contributed by atoms with Crippen LogP contribution in [-0.4, -0.2) is 69.3 Å². The maximum Gasteiger partial charge on any atom is 0.172 e. The van der Waals surface area contributed by atoms with E-state index in [1.165, 1.54) is 12.8 Å². The van der Waals surface area contributed by atoms with Gasteiger partial charge in [0.2, 0.25) is 0 Å². The zero-order valence-electron chi connectivity index (χ0n) is 17.9. The molecule has 1 aromatic carbocycles. The molecule has 0 aliphatic carbocycles. The predicted molar refractivity (Wildman–Crippen MR) is 119 cm³/mol. The highest BCUT2D eigenvalue weighted by Gasteiger charge is 2.26. The van der Waals surface area contributed by atoms with E-state index in [1.54, 1.807) is 0 Å². The molecule has 30 heavy (non-hydrogen) atoms. The first-order valence-electron chi connectivity index (χ1n) is 11.0. The molecule has 2 aliphatic rings. The first-order valence-corrected chi connectivity index (χ1v) is 11.0. The molecule has 2 fully saturated rings. The number of piperazine rings is 1. The number of hydrogen-bond donors (Lipinski definition) is 1. The van der Waals surface area contributed by atoms with E-state index in [2.05, 4.69) is 48.9 Å². The molecule has 0 saturated carbocycles. The van der Waals surface area contributed by atoms with Crippen LogP contribution in [0.25, 0.3) is 11.0 Å². The third kappa shape index (κ3) is 3.96. The molecule has 4 heterocycles. The van der Waals surface area contributed by atoms with Gasteiger partial charge in [-0.2, -0.15) is 5.10 Å². The Morgan fingerprint density at radius 1 is 0.867 bits per heavy atom. The summed E-state index contributed by atoms with van der Waals surface area (Å²) in [5, 5.41) is 7.22. The number of aromatic amines is 1. The Balaban J connectivity index is 1.37. The summed E-state index contributed by atoms with van der Waals surface area (Å²) < 4.78 is 0. The standard InChI is InChI=1S/C22H30N8/c1-16-7-9-29(10-8-16)21-22(25-19-6-4-3-5-18(19)24-21)30-13-11-28(12-14-30)15-20-23-17(2)26-27-20/h3-6,16H,7-15H2,1-2H3,(H,23,26,27). The highest BCUT2D eigenvalue weighted by molar-refractivity contribution is 5.81. The fraction of sp³-hybridized carbons (Fsp3) is 0.545. The number of H-pyrrole nitrogens is 1. The number of rotatable bonds is 4. The second kappa shape index (κ2) is 8.18. The van der Waals surface area contributed by atoms with Gasteiger partial charge in [-0.25, -0.2) is 15.0 Å². The van der Waals surface area contributed by atoms with Crippen LogP contribution in [0.5, 0.6) is 0 Å². The van der Waals surface area contributed by atoms with Gasteiger partial charge in [-0.1, -0.05) is 19.1 Å². The van der Waals surface area contributed by atoms with Crippen LogP contribution in [0.2, 0.25) is 0 Å². The van der Waals surface area contributed by atoms with Crippen molar-refractivity contribution < 1.29 is 0 Å². The van der Waals surface area contributed by atoms with E-state index in [4.69, 9.17) is 9.97 Å². The molecule has 2 aromatic heterocycles. The number of hydrogen-bond acceptors (Lipinski definition) is 7. The van der Waals surface area contributed by atoms with Crippen molar-refractivity contribution in [3.63, 3.8) is 0 Å². The van der Waals surface area contributed by atoms with Gasteiger partial charge < -0.3 is 9.80 Å². The molecule has 0 unspecified atom stereocenters. The van der Waals surface area contributed by atoms with Crippen molar-refractivity contribution in [1.29, 1.82) is 0 Å². The van der Waals surface area contributed by atoms with Crippen LogP contribution < -0.4 is 9.80 Å². The second-order valence-corrected chi connectivity index (χ2v) is 8.63. The molecule has 2 aliphatic heterocycles. The van der Waals surface area contributed by atoms with E-state index in [0.29, 0.717) is 0 Å². The van der Waals surface area contributed by atoms with E-state index in [9.17, 15) is 0 Å². The molecule has 0 amide bonds. The van der Waals surface area contributed by atoms with Gasteiger partial charge >= 0.3 is 0 Å². The Hall–Kier alpha value is -2.74. The lowest BCUT2D eigenvalue weighted by atomic mass is 9.99. The predicted octanol–water partition coefficient (Wildman–Crippen LogP) is 2.61. The number of nitrogens with zero attached hydrogens (tertiary/aromatic N) is 7. The number of aryl methyl sites for hydroxylation is 1. The summed E-state index contributed by atoms with van der Waals surface area (Å²) in [5.74, 6) is 4.63. The molecule has 8 nitrogen and oxygen atoms in total. The maximum atomic E-state index is 5.08. The number of benzene rings is 1. The largest absolute Gasteiger partial charge is 0.354 e. The highest BCUT2D eigenvalue weighted by Crippen LogP contribution is 2.31. The Morgan fingerprint density at radius 3 is 2.03 bits per heavy atom. The van der Waals surface area contributed by atoms with Crippen molar-refractivity contribution in [3.05, 3.63) is 35.9 Å². The number of nitrogens with one attached hydrogen (secondary N) is 1. The molecule has 0 spiro atoms. The van der Waals surface area contributed by atoms with Crippen LogP contribution in [0.4, 0.5) is 11.6 Å². The smallest absolute Gasteiger partial charge is 0.172 e. The van der Waals surface area contributed by atoms with E-state index >= 15 is 0 Å². The summed E-state index contributed by atoms with van der Waals surface area (Å²) in [7, 11) is 0. The average Bonchev–Trinajstić information content (AvgIpc) is 3.18. The molecular weight excluding hydrogens is 376 g/mol. The van der Waals surface area contributed by atoms with Crippen molar-refractivity contribution in [3.8, 4) is 0 Å². The van der Waals surface area contributed by atoms with Crippen molar-refractivity contribution in [2.45, 2.75) is 33.2 Å². The summed E-state index contributed by atoms with van der Waals surface area (Å²) >= 11 is 0. The molecule has 0 radical (unpaired) electrons. The van der Waals surface area contributed by atoms with Gasteiger partial charge in [0.25, 0.3) is 0 Å². The first-order chi connectivity index (χ1) is 14.7. The maximum absolute atomic E-state index is 5.08. The van der Waals surface area contributed by atoms with Crippen LogP contribution in [-0.2, 0) is 6.54 Å². The minimum absolute atomic E-state index is 0.790. The fourth-order valence-corrected chi connectivity index (χ4v) is 4.40. The van der Waals surface area contributed by atoms with E-state index in [1.807, 2.05) is 19.1 Å². The zero-order chi connectivity index (χ0) is 20.5. The fourth-order valence-electron chi connectivity index (χ4n) is 4.40. The third-order valence-corrected chi connectivity index (χ3v) is 6.30. The SMILES string of the molecule is Cc1nc(CN2CCN(c3nc4ccccc4nc3N3CCC(C)CC3)CC2)n[nH]1. The minimum Gasteiger partial charge on any atom is -0.354 e. The monoisotopic (exact) mass is 406 g/mol. The summed E-state index contributed by atoms with van der Waals surface area (Å²) in [5.41, 5.74) is 1.95. The zero-order valence-corrected chi connectivity index (χ0v) is 17.9. The minimum atomic E-state index is 0.790. The van der Waals surface area contributed by atoms with Crippen molar-refractivity contribution >= 4 is 22.7 Å². The molecule has 1 N–H and O–H groups in total. The number of aromatic nitrogens is 5. The number of para-hydroxylation sites is 2. The van der Waals surface area contributed by atoms with Crippen LogP contribution in [0.3, 0.4) is 0 Å². The molecule has 0 bridgehead atoms. The first kappa shape index (κ1) is 19.2. The van der Waals surface area contributed by atoms with Crippen molar-refractivity contribution in [2.24, 2.45) is 5.92 Å². The molecular formula is C22H30N8. The Kier molecular flexibility index (Phi) is 5.25. The lowest BCUT2D eigenvalue weighted by Gasteiger charge is -2.38. The highest BCUT2D eigenvalue weighted by atomic mass is 15.3. The number of fused-ring (bicyclic) bond motifs is 1. The normalized spacial score (nSPS) is 19.0. The molecule has 0 atom stereocenters. The number of anilines is 2. The Labute approximate surface area is 177 Å². The molecule has 158 valence electrons. The van der Waals surface area contributed by atoms with Gasteiger partial charge in [0.15, 0.2) is 17.5 Å². The van der Waals surface area contributed by atoms with Crippen LogP contribution >= 0.6 is 0 Å². The van der Waals surface area contributed by atoms with Crippen LogP contribution in [0.1, 0.15) is 31.4 Å². The summed E-state index contributed by atoms with van der Waals surface area (Å²) in [6, 6.07) is 8.22. The topological polar surface area (TPSA) is 77.1 Å². The van der Waals surface area contributed by atoms with Gasteiger partial charge in [-0.05, 0) is 37.8 Å².